The van der Waals surface area contributed by atoms with Crippen LogP contribution in [0, 0.1) is 6.92 Å². The zero-order valence-electron chi connectivity index (χ0n) is 16.8. The van der Waals surface area contributed by atoms with Gasteiger partial charge in [0.05, 0.1) is 19.1 Å². The van der Waals surface area contributed by atoms with Crippen LogP contribution in [0.5, 0.6) is 17.4 Å². The minimum absolute atomic E-state index is 0.0932. The maximum absolute atomic E-state index is 12.8. The van der Waals surface area contributed by atoms with Crippen molar-refractivity contribution >= 4 is 29.4 Å². The van der Waals surface area contributed by atoms with Crippen molar-refractivity contribution in [2.75, 3.05) is 7.11 Å². The molecule has 158 valence electrons. The summed E-state index contributed by atoms with van der Waals surface area (Å²) in [4.78, 5) is 25.0. The molecule has 0 N–H and O–H groups in total. The predicted molar refractivity (Wildman–Crippen MR) is 113 cm³/mol. The van der Waals surface area contributed by atoms with Gasteiger partial charge in [-0.2, -0.15) is 0 Å². The van der Waals surface area contributed by atoms with E-state index in [2.05, 4.69) is 5.16 Å². The molecule has 2 aromatic carbocycles. The number of halogens is 1. The van der Waals surface area contributed by atoms with E-state index in [1.54, 1.807) is 49.4 Å². The summed E-state index contributed by atoms with van der Waals surface area (Å²) in [5.41, 5.74) is 1.90. The molecule has 1 aliphatic rings. The lowest BCUT2D eigenvalue weighted by molar-refractivity contribution is -0.134. The van der Waals surface area contributed by atoms with Crippen LogP contribution in [0.3, 0.4) is 0 Å². The van der Waals surface area contributed by atoms with Crippen LogP contribution in [0.15, 0.2) is 52.7 Å². The molecule has 0 amide bonds. The van der Waals surface area contributed by atoms with Gasteiger partial charge in [-0.05, 0) is 47.5 Å². The Balaban J connectivity index is 1.45. The summed E-state index contributed by atoms with van der Waals surface area (Å²) in [7, 11) is 1.48. The average Bonchev–Trinajstić information content (AvgIpc) is 3.33. The smallest absolute Gasteiger partial charge is 0.311 e. The number of Topliss-reactive ketones (excluding diaryl/α,β-unsaturated/α-hetero) is 1. The second-order valence-electron chi connectivity index (χ2n) is 6.91. The first-order valence-corrected chi connectivity index (χ1v) is 9.85. The van der Waals surface area contributed by atoms with Crippen molar-refractivity contribution in [2.45, 2.75) is 19.8 Å². The van der Waals surface area contributed by atoms with Gasteiger partial charge in [-0.1, -0.05) is 23.7 Å². The summed E-state index contributed by atoms with van der Waals surface area (Å²) in [5, 5.41) is 4.29. The molecule has 1 aliphatic heterocycles. The van der Waals surface area contributed by atoms with E-state index in [1.807, 2.05) is 0 Å². The quantitative estimate of drug-likeness (QED) is 0.309. The highest BCUT2D eigenvalue weighted by atomic mass is 35.5. The van der Waals surface area contributed by atoms with E-state index in [9.17, 15) is 9.59 Å². The largest absolute Gasteiger partial charge is 0.479 e. The molecular weight excluding hydrogens is 422 g/mol. The number of aromatic nitrogens is 1. The van der Waals surface area contributed by atoms with Crippen LogP contribution in [-0.4, -0.2) is 24.0 Å². The Morgan fingerprint density at radius 1 is 1.19 bits per heavy atom. The third-order valence-electron chi connectivity index (χ3n) is 4.67. The summed E-state index contributed by atoms with van der Waals surface area (Å²) in [6.45, 7) is 1.77. The molecule has 31 heavy (non-hydrogen) atoms. The Kier molecular flexibility index (Phi) is 5.77. The molecule has 0 atom stereocenters. The number of carbonyl (C=O) groups excluding carboxylic acids is 2. The number of benzene rings is 2. The number of esters is 1. The van der Waals surface area contributed by atoms with Crippen molar-refractivity contribution in [1.29, 1.82) is 0 Å². The summed E-state index contributed by atoms with van der Waals surface area (Å²) in [6, 6.07) is 11.8. The molecule has 0 fully saturated rings. The molecule has 0 radical (unpaired) electrons. The maximum Gasteiger partial charge on any atom is 0.311 e. The number of carbonyl (C=O) groups is 2. The minimum Gasteiger partial charge on any atom is -0.479 e. The number of ether oxygens (including phenoxy) is 3. The van der Waals surface area contributed by atoms with E-state index in [0.29, 0.717) is 45.7 Å². The molecule has 3 aromatic rings. The van der Waals surface area contributed by atoms with E-state index in [-0.39, 0.29) is 18.0 Å². The fraction of sp³-hybridized carbons (Fsp3) is 0.174. The topological polar surface area (TPSA) is 87.9 Å². The fourth-order valence-corrected chi connectivity index (χ4v) is 3.29. The van der Waals surface area contributed by atoms with Crippen molar-refractivity contribution in [3.05, 3.63) is 75.7 Å². The third-order valence-corrected chi connectivity index (χ3v) is 4.92. The summed E-state index contributed by atoms with van der Waals surface area (Å²) < 4.78 is 21.2. The van der Waals surface area contributed by atoms with Gasteiger partial charge in [0, 0.05) is 23.6 Å². The van der Waals surface area contributed by atoms with Gasteiger partial charge in [0.15, 0.2) is 5.76 Å². The Morgan fingerprint density at radius 3 is 2.68 bits per heavy atom. The monoisotopic (exact) mass is 439 g/mol. The van der Waals surface area contributed by atoms with E-state index in [0.717, 1.165) is 5.56 Å². The standard InChI is InChI=1S/C23H18ClNO6/c1-13-9-17(29-21(26)8-7-16-12-20(28-2)25-31-16)11-18-22(13)23(27)19(30-18)10-14-3-5-15(24)6-4-14/h3-6,9-12H,7-8H2,1-2H3/b19-10-. The molecule has 0 saturated carbocycles. The van der Waals surface area contributed by atoms with Crippen molar-refractivity contribution in [3.63, 3.8) is 0 Å². The first-order chi connectivity index (χ1) is 14.9. The van der Waals surface area contributed by atoms with Gasteiger partial charge in [0.1, 0.15) is 17.3 Å². The Labute approximate surface area is 183 Å². The lowest BCUT2D eigenvalue weighted by atomic mass is 10.0. The van der Waals surface area contributed by atoms with E-state index in [1.165, 1.54) is 13.2 Å². The zero-order valence-corrected chi connectivity index (χ0v) is 17.6. The van der Waals surface area contributed by atoms with Gasteiger partial charge in [-0.15, -0.1) is 0 Å². The first kappa shape index (κ1) is 20.7. The zero-order chi connectivity index (χ0) is 22.0. The van der Waals surface area contributed by atoms with E-state index in [4.69, 9.17) is 30.3 Å². The van der Waals surface area contributed by atoms with Gasteiger partial charge in [-0.25, -0.2) is 0 Å². The van der Waals surface area contributed by atoms with Crippen LogP contribution in [-0.2, 0) is 11.2 Å². The average molecular weight is 440 g/mol. The Hall–Kier alpha value is -3.58. The molecular formula is C23H18ClNO6. The lowest BCUT2D eigenvalue weighted by Crippen LogP contribution is -2.09. The van der Waals surface area contributed by atoms with Gasteiger partial charge >= 0.3 is 5.97 Å². The highest BCUT2D eigenvalue weighted by Gasteiger charge is 2.30. The molecule has 0 spiro atoms. The lowest BCUT2D eigenvalue weighted by Gasteiger charge is -2.07. The maximum atomic E-state index is 12.8. The molecule has 7 nitrogen and oxygen atoms in total. The number of ketones is 1. The molecule has 0 aliphatic carbocycles. The highest BCUT2D eigenvalue weighted by molar-refractivity contribution is 6.30. The molecule has 0 bridgehead atoms. The van der Waals surface area contributed by atoms with Crippen molar-refractivity contribution < 1.29 is 28.3 Å². The second-order valence-corrected chi connectivity index (χ2v) is 7.35. The number of allylic oxidation sites excluding steroid dienone is 1. The van der Waals surface area contributed by atoms with Crippen LogP contribution < -0.4 is 14.2 Å². The highest BCUT2D eigenvalue weighted by Crippen LogP contribution is 2.37. The van der Waals surface area contributed by atoms with Crippen LogP contribution in [0.2, 0.25) is 5.02 Å². The van der Waals surface area contributed by atoms with Crippen LogP contribution in [0.4, 0.5) is 0 Å². The summed E-state index contributed by atoms with van der Waals surface area (Å²) in [5.74, 6) is 1.05. The second kappa shape index (κ2) is 8.65. The van der Waals surface area contributed by atoms with Crippen molar-refractivity contribution in [1.82, 2.24) is 5.16 Å². The Bertz CT molecular complexity index is 1180. The molecule has 4 rings (SSSR count). The number of fused-ring (bicyclic) bond motifs is 1. The van der Waals surface area contributed by atoms with E-state index < -0.39 is 5.97 Å². The molecule has 2 heterocycles. The SMILES string of the molecule is COc1cc(CCC(=O)Oc2cc(C)c3c(c2)O/C(=C\c2ccc(Cl)cc2)C3=O)on1. The number of methoxy groups -OCH3 is 1. The van der Waals surface area contributed by atoms with Crippen LogP contribution in [0.25, 0.3) is 6.08 Å². The molecule has 0 saturated heterocycles. The molecule has 8 heteroatoms. The van der Waals surface area contributed by atoms with E-state index >= 15 is 0 Å². The van der Waals surface area contributed by atoms with Gasteiger partial charge in [-0.3, -0.25) is 9.59 Å². The van der Waals surface area contributed by atoms with Crippen molar-refractivity contribution in [3.8, 4) is 17.4 Å². The predicted octanol–water partition coefficient (Wildman–Crippen LogP) is 4.80. The number of hydrogen-bond donors (Lipinski definition) is 0. The fourth-order valence-electron chi connectivity index (χ4n) is 3.16. The van der Waals surface area contributed by atoms with Crippen LogP contribution in [0.1, 0.15) is 33.7 Å². The van der Waals surface area contributed by atoms with Crippen LogP contribution >= 0.6 is 11.6 Å². The van der Waals surface area contributed by atoms with Gasteiger partial charge in [0.25, 0.3) is 5.88 Å². The molecule has 0 unspecified atom stereocenters. The first-order valence-electron chi connectivity index (χ1n) is 9.47. The number of hydrogen-bond acceptors (Lipinski definition) is 7. The third kappa shape index (κ3) is 4.62. The van der Waals surface area contributed by atoms with Gasteiger partial charge in [0.2, 0.25) is 5.78 Å². The molecule has 1 aromatic heterocycles. The normalized spacial score (nSPS) is 13.8. The van der Waals surface area contributed by atoms with Crippen molar-refractivity contribution in [2.24, 2.45) is 0 Å². The number of nitrogens with zero attached hydrogens (tertiary/aromatic N) is 1. The number of aryl methyl sites for hydroxylation is 2. The summed E-state index contributed by atoms with van der Waals surface area (Å²) in [6.07, 6.45) is 2.06. The van der Waals surface area contributed by atoms with Gasteiger partial charge < -0.3 is 18.7 Å². The Morgan fingerprint density at radius 2 is 1.97 bits per heavy atom. The number of rotatable bonds is 6. The summed E-state index contributed by atoms with van der Waals surface area (Å²) >= 11 is 5.90. The minimum atomic E-state index is -0.448.